The second-order valence-corrected chi connectivity index (χ2v) is 5.21. The van der Waals surface area contributed by atoms with Crippen LogP contribution >= 0.6 is 27.5 Å². The third kappa shape index (κ3) is 2.39. The van der Waals surface area contributed by atoms with Crippen molar-refractivity contribution in [1.82, 2.24) is 4.90 Å². The normalized spacial score (nSPS) is 20.2. The predicted octanol–water partition coefficient (Wildman–Crippen LogP) is 2.28. The molecule has 16 heavy (non-hydrogen) atoms. The van der Waals surface area contributed by atoms with Crippen LogP contribution in [0.3, 0.4) is 0 Å². The highest BCUT2D eigenvalue weighted by atomic mass is 79.9. The summed E-state index contributed by atoms with van der Waals surface area (Å²) in [6.07, 6.45) is 0.865. The first kappa shape index (κ1) is 11.9. The van der Waals surface area contributed by atoms with Crippen LogP contribution in [0.4, 0.5) is 0 Å². The van der Waals surface area contributed by atoms with Gasteiger partial charge in [-0.05, 0) is 40.5 Å². The zero-order valence-corrected chi connectivity index (χ0v) is 11.0. The standard InChI is InChI=1S/C11H12BrClN2O/c12-10-2-1-7(13)5-9(10)11(16)15-4-3-8(14)6-15/h1-2,5,8H,3-4,6,14H2/t8-/m1/s1. The Morgan fingerprint density at radius 3 is 2.94 bits per heavy atom. The van der Waals surface area contributed by atoms with Gasteiger partial charge in [0.25, 0.3) is 5.91 Å². The van der Waals surface area contributed by atoms with Gasteiger partial charge in [0.15, 0.2) is 0 Å². The molecule has 0 unspecified atom stereocenters. The second kappa shape index (κ2) is 4.73. The van der Waals surface area contributed by atoms with E-state index in [1.807, 2.05) is 0 Å². The van der Waals surface area contributed by atoms with E-state index >= 15 is 0 Å². The number of carbonyl (C=O) groups excluding carboxylic acids is 1. The van der Waals surface area contributed by atoms with Gasteiger partial charge in [-0.25, -0.2) is 0 Å². The molecular weight excluding hydrogens is 291 g/mol. The van der Waals surface area contributed by atoms with Gasteiger partial charge < -0.3 is 10.6 Å². The van der Waals surface area contributed by atoms with E-state index in [4.69, 9.17) is 17.3 Å². The van der Waals surface area contributed by atoms with Crippen LogP contribution < -0.4 is 5.73 Å². The van der Waals surface area contributed by atoms with Crippen molar-refractivity contribution in [2.24, 2.45) is 5.73 Å². The number of likely N-dealkylation sites (tertiary alicyclic amines) is 1. The predicted molar refractivity (Wildman–Crippen MR) is 67.6 cm³/mol. The van der Waals surface area contributed by atoms with Crippen LogP contribution in [0.25, 0.3) is 0 Å². The van der Waals surface area contributed by atoms with Crippen molar-refractivity contribution in [3.05, 3.63) is 33.3 Å². The molecule has 1 aliphatic heterocycles. The van der Waals surface area contributed by atoms with Crippen molar-refractivity contribution >= 4 is 33.4 Å². The Bertz CT molecular complexity index is 424. The summed E-state index contributed by atoms with van der Waals surface area (Å²) in [5, 5.41) is 0.565. The summed E-state index contributed by atoms with van der Waals surface area (Å²) in [6, 6.07) is 5.31. The first-order valence-electron chi connectivity index (χ1n) is 5.08. The van der Waals surface area contributed by atoms with E-state index < -0.39 is 0 Å². The fourth-order valence-corrected chi connectivity index (χ4v) is 2.39. The summed E-state index contributed by atoms with van der Waals surface area (Å²) in [7, 11) is 0. The maximum absolute atomic E-state index is 12.1. The molecule has 1 aromatic carbocycles. The Morgan fingerprint density at radius 1 is 1.56 bits per heavy atom. The van der Waals surface area contributed by atoms with Crippen molar-refractivity contribution < 1.29 is 4.79 Å². The van der Waals surface area contributed by atoms with Gasteiger partial charge in [-0.15, -0.1) is 0 Å². The molecule has 86 valence electrons. The fourth-order valence-electron chi connectivity index (χ4n) is 1.80. The third-order valence-electron chi connectivity index (χ3n) is 2.67. The highest BCUT2D eigenvalue weighted by Gasteiger charge is 2.25. The van der Waals surface area contributed by atoms with Gasteiger partial charge in [0.2, 0.25) is 0 Å². The first-order valence-corrected chi connectivity index (χ1v) is 6.25. The Morgan fingerprint density at radius 2 is 2.31 bits per heavy atom. The van der Waals surface area contributed by atoms with Crippen molar-refractivity contribution in [1.29, 1.82) is 0 Å². The molecule has 1 atom stereocenters. The zero-order chi connectivity index (χ0) is 11.7. The maximum atomic E-state index is 12.1. The molecule has 1 aromatic rings. The fraction of sp³-hybridized carbons (Fsp3) is 0.364. The minimum atomic E-state index is -0.0117. The largest absolute Gasteiger partial charge is 0.337 e. The summed E-state index contributed by atoms with van der Waals surface area (Å²) in [5.74, 6) is -0.0117. The maximum Gasteiger partial charge on any atom is 0.255 e. The number of hydrogen-bond acceptors (Lipinski definition) is 2. The molecule has 2 N–H and O–H groups in total. The first-order chi connectivity index (χ1) is 7.58. The Balaban J connectivity index is 2.23. The van der Waals surface area contributed by atoms with E-state index in [0.717, 1.165) is 17.4 Å². The highest BCUT2D eigenvalue weighted by molar-refractivity contribution is 9.10. The number of benzene rings is 1. The van der Waals surface area contributed by atoms with Crippen LogP contribution in [0, 0.1) is 0 Å². The minimum Gasteiger partial charge on any atom is -0.337 e. The average molecular weight is 304 g/mol. The molecule has 0 aliphatic carbocycles. The van der Waals surface area contributed by atoms with E-state index in [1.54, 1.807) is 23.1 Å². The van der Waals surface area contributed by atoms with Crippen molar-refractivity contribution in [3.8, 4) is 0 Å². The smallest absolute Gasteiger partial charge is 0.255 e. The molecule has 0 radical (unpaired) electrons. The number of nitrogens with zero attached hydrogens (tertiary/aromatic N) is 1. The number of carbonyl (C=O) groups is 1. The summed E-state index contributed by atoms with van der Waals surface area (Å²) in [6.45, 7) is 1.34. The summed E-state index contributed by atoms with van der Waals surface area (Å²) in [5.41, 5.74) is 6.38. The molecule has 0 spiro atoms. The average Bonchev–Trinajstić information content (AvgIpc) is 2.67. The number of amides is 1. The lowest BCUT2D eigenvalue weighted by Crippen LogP contribution is -2.32. The molecule has 1 heterocycles. The number of hydrogen-bond donors (Lipinski definition) is 1. The lowest BCUT2D eigenvalue weighted by molar-refractivity contribution is 0.0790. The van der Waals surface area contributed by atoms with E-state index in [2.05, 4.69) is 15.9 Å². The van der Waals surface area contributed by atoms with E-state index in [9.17, 15) is 4.79 Å². The van der Waals surface area contributed by atoms with Crippen molar-refractivity contribution in [3.63, 3.8) is 0 Å². The molecule has 0 saturated carbocycles. The molecule has 1 saturated heterocycles. The molecule has 0 aromatic heterocycles. The van der Waals surface area contributed by atoms with E-state index in [-0.39, 0.29) is 11.9 Å². The van der Waals surface area contributed by atoms with Crippen molar-refractivity contribution in [2.75, 3.05) is 13.1 Å². The lowest BCUT2D eigenvalue weighted by Gasteiger charge is -2.16. The summed E-state index contributed by atoms with van der Waals surface area (Å²) >= 11 is 9.24. The van der Waals surface area contributed by atoms with E-state index in [1.165, 1.54) is 0 Å². The van der Waals surface area contributed by atoms with Crippen LogP contribution in [0.15, 0.2) is 22.7 Å². The quantitative estimate of drug-likeness (QED) is 0.865. The summed E-state index contributed by atoms with van der Waals surface area (Å²) in [4.78, 5) is 13.9. The molecule has 1 aliphatic rings. The van der Waals surface area contributed by atoms with Gasteiger partial charge in [0.05, 0.1) is 5.56 Å². The molecular formula is C11H12BrClN2O. The third-order valence-corrected chi connectivity index (χ3v) is 3.60. The van der Waals surface area contributed by atoms with Gasteiger partial charge in [0.1, 0.15) is 0 Å². The topological polar surface area (TPSA) is 46.3 Å². The van der Waals surface area contributed by atoms with Gasteiger partial charge in [-0.2, -0.15) is 0 Å². The molecule has 1 fully saturated rings. The van der Waals surface area contributed by atoms with Gasteiger partial charge >= 0.3 is 0 Å². The molecule has 1 amide bonds. The highest BCUT2D eigenvalue weighted by Crippen LogP contribution is 2.23. The van der Waals surface area contributed by atoms with E-state index in [0.29, 0.717) is 17.1 Å². The number of rotatable bonds is 1. The molecule has 3 nitrogen and oxygen atoms in total. The zero-order valence-electron chi connectivity index (χ0n) is 8.62. The van der Waals surface area contributed by atoms with Gasteiger partial charge in [-0.1, -0.05) is 11.6 Å². The number of nitrogens with two attached hydrogens (primary N) is 1. The van der Waals surface area contributed by atoms with Crippen LogP contribution in [0.2, 0.25) is 5.02 Å². The Hall–Kier alpha value is -0.580. The van der Waals surface area contributed by atoms with Crippen molar-refractivity contribution in [2.45, 2.75) is 12.5 Å². The van der Waals surface area contributed by atoms with Crippen LogP contribution in [0.5, 0.6) is 0 Å². The summed E-state index contributed by atoms with van der Waals surface area (Å²) < 4.78 is 0.766. The SMILES string of the molecule is N[C@@H]1CCN(C(=O)c2cc(Cl)ccc2Br)C1. The minimum absolute atomic E-state index is 0.0117. The van der Waals surface area contributed by atoms with Crippen LogP contribution in [-0.2, 0) is 0 Å². The van der Waals surface area contributed by atoms with Crippen LogP contribution in [0.1, 0.15) is 16.8 Å². The Labute approximate surface area is 108 Å². The molecule has 2 rings (SSSR count). The van der Waals surface area contributed by atoms with Gasteiger partial charge in [0, 0.05) is 28.6 Å². The molecule has 5 heteroatoms. The van der Waals surface area contributed by atoms with Crippen LogP contribution in [-0.4, -0.2) is 29.9 Å². The second-order valence-electron chi connectivity index (χ2n) is 3.92. The number of halogens is 2. The van der Waals surface area contributed by atoms with Gasteiger partial charge in [-0.3, -0.25) is 4.79 Å². The monoisotopic (exact) mass is 302 g/mol. The molecule has 0 bridgehead atoms. The Kier molecular flexibility index (Phi) is 3.52. The lowest BCUT2D eigenvalue weighted by atomic mass is 10.2.